The first-order valence-electron chi connectivity index (χ1n) is 7.51. The average Bonchev–Trinajstić information content (AvgIpc) is 2.92. The summed E-state index contributed by atoms with van der Waals surface area (Å²) in [4.78, 5) is 14.0. The number of nitrogens with zero attached hydrogens (tertiary/aromatic N) is 1. The zero-order valence-corrected chi connectivity index (χ0v) is 14.3. The molecule has 7 heteroatoms. The van der Waals surface area contributed by atoms with E-state index in [0.29, 0.717) is 5.76 Å². The van der Waals surface area contributed by atoms with E-state index in [0.717, 1.165) is 5.56 Å². The number of carbonyl (C=O) groups excluding carboxylic acids is 1. The molecule has 1 aliphatic rings. The number of hydrogen-bond acceptors (Lipinski definition) is 3. The standard InChI is InChI=1S/C18H15ClF2N2O2/c1-10-6-7-13(20)15(8-10)22-18(24)16-11(2)25-9-23(16)17-12(19)4-3-5-14(17)21/h3-8H,9H2,1-2H3,(H,22,24). The Balaban J connectivity index is 1.95. The summed E-state index contributed by atoms with van der Waals surface area (Å²) in [6, 6.07) is 8.60. The van der Waals surface area contributed by atoms with Crippen LogP contribution in [0, 0.1) is 18.6 Å². The number of hydrogen-bond donors (Lipinski definition) is 1. The number of nitrogens with one attached hydrogen (secondary N) is 1. The van der Waals surface area contributed by atoms with Crippen LogP contribution in [-0.4, -0.2) is 12.6 Å². The Morgan fingerprint density at radius 1 is 1.20 bits per heavy atom. The fraction of sp³-hybridized carbons (Fsp3) is 0.167. The molecule has 4 nitrogen and oxygen atoms in total. The van der Waals surface area contributed by atoms with Crippen molar-refractivity contribution in [1.82, 2.24) is 0 Å². The van der Waals surface area contributed by atoms with E-state index < -0.39 is 17.5 Å². The minimum atomic E-state index is -0.612. The van der Waals surface area contributed by atoms with Gasteiger partial charge in [-0.15, -0.1) is 0 Å². The molecule has 2 aromatic carbocycles. The summed E-state index contributed by atoms with van der Waals surface area (Å²) >= 11 is 6.08. The molecule has 1 N–H and O–H groups in total. The first-order chi connectivity index (χ1) is 11.9. The van der Waals surface area contributed by atoms with Gasteiger partial charge in [0.2, 0.25) is 0 Å². The van der Waals surface area contributed by atoms with E-state index in [1.54, 1.807) is 19.9 Å². The molecule has 0 aliphatic carbocycles. The average molecular weight is 365 g/mol. The molecule has 0 bridgehead atoms. The van der Waals surface area contributed by atoms with Crippen molar-refractivity contribution in [3.05, 3.63) is 70.1 Å². The molecule has 2 aromatic rings. The van der Waals surface area contributed by atoms with Crippen molar-refractivity contribution in [2.75, 3.05) is 16.9 Å². The van der Waals surface area contributed by atoms with E-state index in [-0.39, 0.29) is 28.8 Å². The molecule has 0 saturated carbocycles. The molecule has 0 spiro atoms. The predicted molar refractivity (Wildman–Crippen MR) is 92.3 cm³/mol. The molecule has 0 aromatic heterocycles. The monoisotopic (exact) mass is 364 g/mol. The van der Waals surface area contributed by atoms with Crippen molar-refractivity contribution in [3.63, 3.8) is 0 Å². The van der Waals surface area contributed by atoms with E-state index in [4.69, 9.17) is 16.3 Å². The summed E-state index contributed by atoms with van der Waals surface area (Å²) in [5.74, 6) is -1.46. The maximum atomic E-state index is 14.2. The normalized spacial score (nSPS) is 13.9. The van der Waals surface area contributed by atoms with Gasteiger partial charge < -0.3 is 10.1 Å². The number of halogens is 3. The number of para-hydroxylation sites is 1. The van der Waals surface area contributed by atoms with Gasteiger partial charge in [0.15, 0.2) is 6.73 Å². The van der Waals surface area contributed by atoms with E-state index in [1.165, 1.54) is 35.2 Å². The smallest absolute Gasteiger partial charge is 0.275 e. The second-order valence-electron chi connectivity index (χ2n) is 5.61. The zero-order valence-electron chi connectivity index (χ0n) is 13.6. The largest absolute Gasteiger partial charge is 0.475 e. The van der Waals surface area contributed by atoms with Gasteiger partial charge in [-0.2, -0.15) is 0 Å². The Hall–Kier alpha value is -2.60. The second-order valence-corrected chi connectivity index (χ2v) is 6.02. The first-order valence-corrected chi connectivity index (χ1v) is 7.89. The lowest BCUT2D eigenvalue weighted by Crippen LogP contribution is -2.29. The molecule has 1 aliphatic heterocycles. The van der Waals surface area contributed by atoms with Crippen LogP contribution < -0.4 is 10.2 Å². The van der Waals surface area contributed by atoms with Crippen LogP contribution in [0.3, 0.4) is 0 Å². The molecule has 0 atom stereocenters. The molecular weight excluding hydrogens is 350 g/mol. The number of rotatable bonds is 3. The molecule has 130 valence electrons. The van der Waals surface area contributed by atoms with Crippen molar-refractivity contribution < 1.29 is 18.3 Å². The van der Waals surface area contributed by atoms with Gasteiger partial charge in [-0.1, -0.05) is 23.7 Å². The van der Waals surface area contributed by atoms with Gasteiger partial charge in [0.05, 0.1) is 16.4 Å². The quantitative estimate of drug-likeness (QED) is 0.866. The van der Waals surface area contributed by atoms with Crippen LogP contribution in [0.1, 0.15) is 12.5 Å². The summed E-state index contributed by atoms with van der Waals surface area (Å²) in [6.45, 7) is 3.30. The van der Waals surface area contributed by atoms with Crippen molar-refractivity contribution in [3.8, 4) is 0 Å². The molecule has 25 heavy (non-hydrogen) atoms. The highest BCUT2D eigenvalue weighted by Gasteiger charge is 2.32. The topological polar surface area (TPSA) is 41.6 Å². The minimum Gasteiger partial charge on any atom is -0.475 e. The van der Waals surface area contributed by atoms with Crippen LogP contribution in [0.25, 0.3) is 0 Å². The van der Waals surface area contributed by atoms with Crippen molar-refractivity contribution in [2.45, 2.75) is 13.8 Å². The molecule has 0 saturated heterocycles. The summed E-state index contributed by atoms with van der Waals surface area (Å²) in [6.07, 6.45) is 0. The Labute approximate surface area is 148 Å². The van der Waals surface area contributed by atoms with Crippen molar-refractivity contribution in [1.29, 1.82) is 0 Å². The predicted octanol–water partition coefficient (Wildman–Crippen LogP) is 4.59. The fourth-order valence-electron chi connectivity index (χ4n) is 2.61. The van der Waals surface area contributed by atoms with Gasteiger partial charge in [-0.05, 0) is 43.7 Å². The highest BCUT2D eigenvalue weighted by Crippen LogP contribution is 2.35. The Kier molecular flexibility index (Phi) is 4.63. The minimum absolute atomic E-state index is 0.0379. The van der Waals surface area contributed by atoms with Crippen molar-refractivity contribution >= 4 is 28.9 Å². The van der Waals surface area contributed by atoms with E-state index >= 15 is 0 Å². The van der Waals surface area contributed by atoms with E-state index in [1.807, 2.05) is 0 Å². The summed E-state index contributed by atoms with van der Waals surface area (Å²) in [5.41, 5.74) is 0.944. The molecule has 1 heterocycles. The third-order valence-electron chi connectivity index (χ3n) is 3.81. The van der Waals surface area contributed by atoms with Crippen LogP contribution in [0.5, 0.6) is 0 Å². The number of ether oxygens (including phenoxy) is 1. The Morgan fingerprint density at radius 2 is 1.96 bits per heavy atom. The number of amides is 1. The number of aryl methyl sites for hydroxylation is 1. The molecular formula is C18H15ClF2N2O2. The Bertz CT molecular complexity index is 863. The lowest BCUT2D eigenvalue weighted by atomic mass is 10.2. The summed E-state index contributed by atoms with van der Waals surface area (Å²) < 4.78 is 33.5. The molecule has 0 fully saturated rings. The highest BCUT2D eigenvalue weighted by atomic mass is 35.5. The van der Waals surface area contributed by atoms with Gasteiger partial charge >= 0.3 is 0 Å². The second kappa shape index (κ2) is 6.72. The number of anilines is 2. The van der Waals surface area contributed by atoms with Crippen LogP contribution >= 0.6 is 11.6 Å². The summed E-state index contributed by atoms with van der Waals surface area (Å²) in [7, 11) is 0. The van der Waals surface area contributed by atoms with E-state index in [9.17, 15) is 13.6 Å². The first kappa shape index (κ1) is 17.2. The lowest BCUT2D eigenvalue weighted by Gasteiger charge is -2.21. The third-order valence-corrected chi connectivity index (χ3v) is 4.11. The molecule has 3 rings (SSSR count). The van der Waals surface area contributed by atoms with Crippen LogP contribution in [0.15, 0.2) is 47.9 Å². The molecule has 1 amide bonds. The number of benzene rings is 2. The van der Waals surface area contributed by atoms with Crippen molar-refractivity contribution in [2.24, 2.45) is 0 Å². The zero-order chi connectivity index (χ0) is 18.1. The highest BCUT2D eigenvalue weighted by molar-refractivity contribution is 6.33. The number of allylic oxidation sites excluding steroid dienone is 1. The van der Waals surface area contributed by atoms with Crippen LogP contribution in [0.2, 0.25) is 5.02 Å². The Morgan fingerprint density at radius 3 is 2.68 bits per heavy atom. The molecule has 0 unspecified atom stereocenters. The van der Waals surface area contributed by atoms with Gasteiger partial charge in [0.1, 0.15) is 23.1 Å². The van der Waals surface area contributed by atoms with Gasteiger partial charge in [0, 0.05) is 0 Å². The van der Waals surface area contributed by atoms with E-state index in [2.05, 4.69) is 5.32 Å². The van der Waals surface area contributed by atoms with Gasteiger partial charge in [-0.25, -0.2) is 8.78 Å². The maximum absolute atomic E-state index is 14.2. The SMILES string of the molecule is CC1=C(C(=O)Nc2cc(C)ccc2F)N(c2c(F)cccc2Cl)CO1. The molecule has 0 radical (unpaired) electrons. The third kappa shape index (κ3) is 3.30. The maximum Gasteiger partial charge on any atom is 0.275 e. The lowest BCUT2D eigenvalue weighted by molar-refractivity contribution is -0.112. The van der Waals surface area contributed by atoms with Gasteiger partial charge in [0.25, 0.3) is 5.91 Å². The summed E-state index contributed by atoms with van der Waals surface area (Å²) in [5, 5.41) is 2.65. The van der Waals surface area contributed by atoms with Crippen LogP contribution in [0.4, 0.5) is 20.2 Å². The van der Waals surface area contributed by atoms with Gasteiger partial charge in [-0.3, -0.25) is 9.69 Å². The number of carbonyl (C=O) groups is 1. The fourth-order valence-corrected chi connectivity index (χ4v) is 2.87. The van der Waals surface area contributed by atoms with Crippen LogP contribution in [-0.2, 0) is 9.53 Å².